The first-order valence-electron chi connectivity index (χ1n) is 6.05. The Labute approximate surface area is 106 Å². The number of hydrogen-bond donors (Lipinski definition) is 2. The Bertz CT molecular complexity index is 479. The average Bonchev–Trinajstić information content (AvgIpc) is 2.90. The molecule has 2 rings (SSSR count). The van der Waals surface area contributed by atoms with E-state index in [1.165, 1.54) is 5.56 Å². The molecule has 1 heterocycles. The molecule has 1 atom stereocenters. The van der Waals surface area contributed by atoms with Crippen LogP contribution in [0.4, 0.5) is 0 Å². The van der Waals surface area contributed by atoms with Gasteiger partial charge in [0.1, 0.15) is 5.78 Å². The van der Waals surface area contributed by atoms with Crippen molar-refractivity contribution in [1.82, 2.24) is 9.97 Å². The van der Waals surface area contributed by atoms with Gasteiger partial charge in [0.25, 0.3) is 0 Å². The molecular formula is C14H17N3O. The minimum absolute atomic E-state index is 0.0912. The van der Waals surface area contributed by atoms with Gasteiger partial charge < -0.3 is 10.7 Å². The van der Waals surface area contributed by atoms with Crippen molar-refractivity contribution < 1.29 is 4.79 Å². The first-order chi connectivity index (χ1) is 8.75. The lowest BCUT2D eigenvalue weighted by Crippen LogP contribution is -2.33. The Morgan fingerprint density at radius 3 is 2.78 bits per heavy atom. The number of rotatable bonds is 6. The van der Waals surface area contributed by atoms with Gasteiger partial charge in [-0.05, 0) is 12.0 Å². The number of hydrogen-bond acceptors (Lipinski definition) is 3. The molecule has 0 fully saturated rings. The summed E-state index contributed by atoms with van der Waals surface area (Å²) in [5.74, 6) is 0.0912. The van der Waals surface area contributed by atoms with Crippen molar-refractivity contribution in [2.24, 2.45) is 5.73 Å². The Balaban J connectivity index is 1.81. The minimum Gasteiger partial charge on any atom is -0.348 e. The van der Waals surface area contributed by atoms with Gasteiger partial charge in [-0.1, -0.05) is 30.3 Å². The molecule has 0 aliphatic rings. The topological polar surface area (TPSA) is 71.8 Å². The Hall–Kier alpha value is -1.94. The van der Waals surface area contributed by atoms with Crippen LogP contribution in [-0.4, -0.2) is 21.8 Å². The maximum Gasteiger partial charge on any atom is 0.150 e. The first kappa shape index (κ1) is 12.5. The maximum absolute atomic E-state index is 11.9. The summed E-state index contributed by atoms with van der Waals surface area (Å²) >= 11 is 0. The van der Waals surface area contributed by atoms with E-state index in [1.54, 1.807) is 12.5 Å². The number of nitrogens with two attached hydrogens (primary N) is 1. The van der Waals surface area contributed by atoms with E-state index >= 15 is 0 Å². The van der Waals surface area contributed by atoms with E-state index < -0.39 is 6.04 Å². The number of imidazole rings is 1. The van der Waals surface area contributed by atoms with E-state index in [4.69, 9.17) is 5.73 Å². The van der Waals surface area contributed by atoms with Crippen LogP contribution < -0.4 is 5.73 Å². The number of nitrogens with zero attached hydrogens (tertiary/aromatic N) is 1. The Morgan fingerprint density at radius 2 is 2.11 bits per heavy atom. The summed E-state index contributed by atoms with van der Waals surface area (Å²) in [6.07, 6.45) is 5.05. The highest BCUT2D eigenvalue weighted by Gasteiger charge is 2.14. The number of aryl methyl sites for hydroxylation is 1. The molecule has 0 amide bonds. The summed E-state index contributed by atoms with van der Waals surface area (Å²) < 4.78 is 0. The van der Waals surface area contributed by atoms with E-state index in [1.807, 2.05) is 30.3 Å². The molecule has 2 aromatic rings. The molecule has 0 bridgehead atoms. The van der Waals surface area contributed by atoms with Gasteiger partial charge in [-0.15, -0.1) is 0 Å². The third-order valence-corrected chi connectivity index (χ3v) is 2.91. The molecule has 0 aliphatic carbocycles. The number of carbonyl (C=O) groups is 1. The highest BCUT2D eigenvalue weighted by atomic mass is 16.1. The van der Waals surface area contributed by atoms with Crippen molar-refractivity contribution in [1.29, 1.82) is 0 Å². The molecule has 1 aromatic carbocycles. The molecule has 4 nitrogen and oxygen atoms in total. The van der Waals surface area contributed by atoms with E-state index in [9.17, 15) is 4.79 Å². The van der Waals surface area contributed by atoms with Gasteiger partial charge in [0.05, 0.1) is 12.4 Å². The lowest BCUT2D eigenvalue weighted by Gasteiger charge is -2.09. The van der Waals surface area contributed by atoms with Gasteiger partial charge in [0.15, 0.2) is 0 Å². The molecule has 4 heteroatoms. The molecule has 94 valence electrons. The summed E-state index contributed by atoms with van der Waals surface area (Å²) in [5, 5.41) is 0. The summed E-state index contributed by atoms with van der Waals surface area (Å²) in [4.78, 5) is 18.7. The standard InChI is InChI=1S/C14H17N3O/c15-13(8-12-9-16-10-17-12)14(18)7-6-11-4-2-1-3-5-11/h1-5,9-10,13H,6-8,15H2,(H,16,17)/t13-/m0/s1. The Morgan fingerprint density at radius 1 is 1.33 bits per heavy atom. The van der Waals surface area contributed by atoms with Crippen LogP contribution in [-0.2, 0) is 17.6 Å². The lowest BCUT2D eigenvalue weighted by molar-refractivity contribution is -0.120. The quantitative estimate of drug-likeness (QED) is 0.807. The second kappa shape index (κ2) is 6.12. The molecule has 0 aliphatic heterocycles. The number of benzene rings is 1. The normalized spacial score (nSPS) is 12.3. The summed E-state index contributed by atoms with van der Waals surface area (Å²) in [5.41, 5.74) is 7.94. The van der Waals surface area contributed by atoms with E-state index in [0.717, 1.165) is 12.1 Å². The second-order valence-corrected chi connectivity index (χ2v) is 4.34. The minimum atomic E-state index is -0.450. The van der Waals surface area contributed by atoms with Crippen LogP contribution in [0.1, 0.15) is 17.7 Å². The van der Waals surface area contributed by atoms with Crippen LogP contribution >= 0.6 is 0 Å². The zero-order chi connectivity index (χ0) is 12.8. The van der Waals surface area contributed by atoms with Crippen LogP contribution in [0.2, 0.25) is 0 Å². The van der Waals surface area contributed by atoms with Crippen molar-refractivity contribution in [3.8, 4) is 0 Å². The Kier molecular flexibility index (Phi) is 4.25. The molecule has 0 saturated carbocycles. The van der Waals surface area contributed by atoms with Crippen LogP contribution in [0.5, 0.6) is 0 Å². The van der Waals surface area contributed by atoms with E-state index in [0.29, 0.717) is 12.8 Å². The third-order valence-electron chi connectivity index (χ3n) is 2.91. The second-order valence-electron chi connectivity index (χ2n) is 4.34. The maximum atomic E-state index is 11.9. The summed E-state index contributed by atoms with van der Waals surface area (Å²) in [7, 11) is 0. The number of aromatic amines is 1. The zero-order valence-electron chi connectivity index (χ0n) is 10.2. The van der Waals surface area contributed by atoms with Gasteiger partial charge >= 0.3 is 0 Å². The van der Waals surface area contributed by atoms with Crippen molar-refractivity contribution in [2.45, 2.75) is 25.3 Å². The van der Waals surface area contributed by atoms with Crippen LogP contribution in [0, 0.1) is 0 Å². The number of H-pyrrole nitrogens is 1. The SMILES string of the molecule is N[C@@H](Cc1cnc[nH]1)C(=O)CCc1ccccc1. The fourth-order valence-corrected chi connectivity index (χ4v) is 1.84. The van der Waals surface area contributed by atoms with Crippen LogP contribution in [0.3, 0.4) is 0 Å². The molecule has 18 heavy (non-hydrogen) atoms. The van der Waals surface area contributed by atoms with Crippen molar-refractivity contribution in [2.75, 3.05) is 0 Å². The molecular weight excluding hydrogens is 226 g/mol. The lowest BCUT2D eigenvalue weighted by atomic mass is 10.0. The number of Topliss-reactive ketones (excluding diaryl/α,β-unsaturated/α-hetero) is 1. The van der Waals surface area contributed by atoms with Gasteiger partial charge in [-0.3, -0.25) is 4.79 Å². The fraction of sp³-hybridized carbons (Fsp3) is 0.286. The fourth-order valence-electron chi connectivity index (χ4n) is 1.84. The van der Waals surface area contributed by atoms with Gasteiger partial charge in [-0.25, -0.2) is 4.98 Å². The van der Waals surface area contributed by atoms with E-state index in [-0.39, 0.29) is 5.78 Å². The zero-order valence-corrected chi connectivity index (χ0v) is 10.2. The average molecular weight is 243 g/mol. The third kappa shape index (κ3) is 3.53. The summed E-state index contributed by atoms with van der Waals surface area (Å²) in [6, 6.07) is 9.51. The van der Waals surface area contributed by atoms with Crippen LogP contribution in [0.15, 0.2) is 42.9 Å². The van der Waals surface area contributed by atoms with Gasteiger partial charge in [0.2, 0.25) is 0 Å². The van der Waals surface area contributed by atoms with Crippen molar-refractivity contribution >= 4 is 5.78 Å². The molecule has 0 saturated heterocycles. The molecule has 3 N–H and O–H groups in total. The smallest absolute Gasteiger partial charge is 0.150 e. The predicted molar refractivity (Wildman–Crippen MR) is 70.0 cm³/mol. The number of ketones is 1. The predicted octanol–water partition coefficient (Wildman–Crippen LogP) is 1.48. The molecule has 0 unspecified atom stereocenters. The summed E-state index contributed by atoms with van der Waals surface area (Å²) in [6.45, 7) is 0. The van der Waals surface area contributed by atoms with Crippen molar-refractivity contribution in [3.05, 3.63) is 54.1 Å². The van der Waals surface area contributed by atoms with Gasteiger partial charge in [0, 0.05) is 24.7 Å². The van der Waals surface area contributed by atoms with Crippen LogP contribution in [0.25, 0.3) is 0 Å². The molecule has 0 radical (unpaired) electrons. The highest BCUT2D eigenvalue weighted by Crippen LogP contribution is 2.05. The number of carbonyl (C=O) groups excluding carboxylic acids is 1. The van der Waals surface area contributed by atoms with Crippen molar-refractivity contribution in [3.63, 3.8) is 0 Å². The monoisotopic (exact) mass is 243 g/mol. The first-order valence-corrected chi connectivity index (χ1v) is 6.05. The number of nitrogens with one attached hydrogen (secondary N) is 1. The number of aromatic nitrogens is 2. The highest BCUT2D eigenvalue weighted by molar-refractivity contribution is 5.84. The largest absolute Gasteiger partial charge is 0.348 e. The molecule has 0 spiro atoms. The van der Waals surface area contributed by atoms with E-state index in [2.05, 4.69) is 9.97 Å². The molecule has 1 aromatic heterocycles. The van der Waals surface area contributed by atoms with Gasteiger partial charge in [-0.2, -0.15) is 0 Å².